The fourth-order valence-corrected chi connectivity index (χ4v) is 4.69. The highest BCUT2D eigenvalue weighted by Gasteiger charge is 2.70. The summed E-state index contributed by atoms with van der Waals surface area (Å²) in [6.45, 7) is 8.62. The zero-order chi connectivity index (χ0) is 19.4. The van der Waals surface area contributed by atoms with E-state index in [4.69, 9.17) is 9.47 Å². The van der Waals surface area contributed by atoms with Crippen molar-refractivity contribution in [2.75, 3.05) is 13.2 Å². The van der Waals surface area contributed by atoms with Gasteiger partial charge in [0.1, 0.15) is 0 Å². The fraction of sp³-hybridized carbons (Fsp3) is 0.722. The molecular weight excluding hydrogens is 340 g/mol. The van der Waals surface area contributed by atoms with Crippen LogP contribution >= 0.6 is 0 Å². The van der Waals surface area contributed by atoms with Crippen LogP contribution in [0.25, 0.3) is 0 Å². The number of fused-ring (bicyclic) bond motifs is 5. The molecule has 3 rings (SSSR count). The van der Waals surface area contributed by atoms with Crippen molar-refractivity contribution >= 4 is 18.0 Å². The number of ether oxygens (including phenoxy) is 2. The molecule has 2 bridgehead atoms. The van der Waals surface area contributed by atoms with Gasteiger partial charge < -0.3 is 14.6 Å². The fourth-order valence-electron chi connectivity index (χ4n) is 4.69. The average Bonchev–Trinajstić information content (AvgIpc) is 3.12. The second kappa shape index (κ2) is 5.97. The summed E-state index contributed by atoms with van der Waals surface area (Å²) < 4.78 is 10.3. The Morgan fingerprint density at radius 3 is 2.38 bits per heavy atom. The van der Waals surface area contributed by atoms with E-state index in [0.717, 1.165) is 0 Å². The Kier molecular flexibility index (Phi) is 4.29. The van der Waals surface area contributed by atoms with Crippen molar-refractivity contribution < 1.29 is 29.0 Å². The number of amides is 2. The largest absolute Gasteiger partial charge is 0.448 e. The maximum atomic E-state index is 13.0. The smallest absolute Gasteiger partial charge is 0.429 e. The molecule has 3 aliphatic rings. The van der Waals surface area contributed by atoms with Crippen LogP contribution in [0.4, 0.5) is 9.59 Å². The summed E-state index contributed by atoms with van der Waals surface area (Å²) in [6.07, 6.45) is 0.915. The van der Waals surface area contributed by atoms with E-state index >= 15 is 0 Å². The van der Waals surface area contributed by atoms with Gasteiger partial charge in [-0.3, -0.25) is 4.79 Å². The number of ketones is 1. The topological polar surface area (TPSA) is 96.4 Å². The summed E-state index contributed by atoms with van der Waals surface area (Å²) >= 11 is 0. The SMILES string of the molecule is CCOC(=O)N1[C@H]2C[C@](C)([C@@H]3C(=O)C(C(C)(C)O)=C[C@@H]32)N1C(=O)OCC. The molecule has 2 fully saturated rings. The highest BCUT2D eigenvalue weighted by atomic mass is 16.6. The van der Waals surface area contributed by atoms with E-state index in [0.29, 0.717) is 12.0 Å². The van der Waals surface area contributed by atoms with E-state index in [1.807, 2.05) is 0 Å². The number of hydrazine groups is 1. The summed E-state index contributed by atoms with van der Waals surface area (Å²) in [5.41, 5.74) is -1.85. The molecule has 1 N–H and O–H groups in total. The van der Waals surface area contributed by atoms with E-state index < -0.39 is 35.3 Å². The van der Waals surface area contributed by atoms with E-state index in [1.165, 1.54) is 10.0 Å². The lowest BCUT2D eigenvalue weighted by atomic mass is 9.81. The predicted octanol–water partition coefficient (Wildman–Crippen LogP) is 1.88. The van der Waals surface area contributed by atoms with Crippen LogP contribution in [0.5, 0.6) is 0 Å². The van der Waals surface area contributed by atoms with Crippen LogP contribution in [0, 0.1) is 11.8 Å². The Balaban J connectivity index is 2.04. The molecule has 144 valence electrons. The minimum absolute atomic E-state index is 0.155. The third-order valence-electron chi connectivity index (χ3n) is 5.60. The molecule has 2 amide bonds. The van der Waals surface area contributed by atoms with Gasteiger partial charge in [-0.15, -0.1) is 0 Å². The Morgan fingerprint density at radius 2 is 1.85 bits per heavy atom. The van der Waals surface area contributed by atoms with Crippen LogP contribution in [-0.2, 0) is 14.3 Å². The highest BCUT2D eigenvalue weighted by molar-refractivity contribution is 6.03. The van der Waals surface area contributed by atoms with Crippen molar-refractivity contribution in [2.45, 2.75) is 58.2 Å². The van der Waals surface area contributed by atoms with Crippen LogP contribution in [0.3, 0.4) is 0 Å². The van der Waals surface area contributed by atoms with Crippen molar-refractivity contribution in [1.82, 2.24) is 10.0 Å². The normalized spacial score (nSPS) is 32.6. The van der Waals surface area contributed by atoms with Gasteiger partial charge in [0.05, 0.1) is 36.3 Å². The number of nitrogens with zero attached hydrogens (tertiary/aromatic N) is 2. The summed E-state index contributed by atoms with van der Waals surface area (Å²) in [7, 11) is 0. The van der Waals surface area contributed by atoms with E-state index in [9.17, 15) is 19.5 Å². The zero-order valence-corrected chi connectivity index (χ0v) is 15.8. The van der Waals surface area contributed by atoms with Crippen LogP contribution in [0.1, 0.15) is 41.0 Å². The third-order valence-corrected chi connectivity index (χ3v) is 5.60. The van der Waals surface area contributed by atoms with Gasteiger partial charge >= 0.3 is 12.2 Å². The predicted molar refractivity (Wildman–Crippen MR) is 90.9 cm³/mol. The van der Waals surface area contributed by atoms with Gasteiger partial charge in [-0.25, -0.2) is 19.6 Å². The van der Waals surface area contributed by atoms with Gasteiger partial charge in [0.15, 0.2) is 5.78 Å². The lowest BCUT2D eigenvalue weighted by Crippen LogP contribution is -2.63. The average molecular weight is 366 g/mol. The number of hydrogen-bond donors (Lipinski definition) is 1. The Labute approximate surface area is 152 Å². The lowest BCUT2D eigenvalue weighted by molar-refractivity contribution is -0.134. The van der Waals surface area contributed by atoms with Gasteiger partial charge in [0.2, 0.25) is 0 Å². The zero-order valence-electron chi connectivity index (χ0n) is 15.8. The molecule has 1 aliphatic heterocycles. The van der Waals surface area contributed by atoms with Gasteiger partial charge in [-0.2, -0.15) is 0 Å². The summed E-state index contributed by atoms with van der Waals surface area (Å²) in [6, 6.07) is -0.391. The second-order valence-electron chi connectivity index (χ2n) is 7.74. The van der Waals surface area contributed by atoms with Gasteiger partial charge in [-0.1, -0.05) is 6.08 Å². The van der Waals surface area contributed by atoms with Gasteiger partial charge in [-0.05, 0) is 41.0 Å². The first-order valence-corrected chi connectivity index (χ1v) is 8.99. The minimum atomic E-state index is -1.28. The first-order valence-electron chi connectivity index (χ1n) is 8.99. The van der Waals surface area contributed by atoms with Crippen molar-refractivity contribution in [3.63, 3.8) is 0 Å². The molecule has 4 atom stereocenters. The Morgan fingerprint density at radius 1 is 1.27 bits per heavy atom. The minimum Gasteiger partial charge on any atom is -0.448 e. The standard InChI is InChI=1S/C18H26N2O6/c1-6-25-15(22)19-12-9-18(5,20(19)16(23)26-7-2)13-10(12)8-11(14(13)21)17(3,4)24/h8,10,12-13,24H,6-7,9H2,1-5H3/t10-,12+,13+,18-/m1/s1. The van der Waals surface area contributed by atoms with E-state index in [-0.39, 0.29) is 24.9 Å². The van der Waals surface area contributed by atoms with Crippen LogP contribution in [0.15, 0.2) is 11.6 Å². The van der Waals surface area contributed by atoms with Crippen LogP contribution in [0.2, 0.25) is 0 Å². The van der Waals surface area contributed by atoms with Crippen molar-refractivity contribution in [3.8, 4) is 0 Å². The highest BCUT2D eigenvalue weighted by Crippen LogP contribution is 2.58. The molecule has 0 radical (unpaired) electrons. The van der Waals surface area contributed by atoms with Crippen LogP contribution in [-0.4, -0.2) is 63.5 Å². The van der Waals surface area contributed by atoms with E-state index in [1.54, 1.807) is 40.7 Å². The molecule has 1 saturated carbocycles. The van der Waals surface area contributed by atoms with Crippen molar-refractivity contribution in [3.05, 3.63) is 11.6 Å². The lowest BCUT2D eigenvalue weighted by Gasteiger charge is -2.46. The molecule has 0 aromatic rings. The Hall–Kier alpha value is -2.09. The van der Waals surface area contributed by atoms with Gasteiger partial charge in [0, 0.05) is 11.5 Å². The van der Waals surface area contributed by atoms with Crippen LogP contribution < -0.4 is 0 Å². The first-order chi connectivity index (χ1) is 12.1. The number of aliphatic hydroxyl groups is 1. The molecular formula is C18H26N2O6. The number of carbonyl (C=O) groups is 3. The molecule has 1 saturated heterocycles. The summed E-state index contributed by atoms with van der Waals surface area (Å²) in [4.78, 5) is 38.2. The quantitative estimate of drug-likeness (QED) is 0.819. The monoisotopic (exact) mass is 366 g/mol. The van der Waals surface area contributed by atoms with Crippen molar-refractivity contribution in [2.24, 2.45) is 11.8 Å². The number of hydrogen-bond acceptors (Lipinski definition) is 6. The Bertz CT molecular complexity index is 682. The molecule has 0 spiro atoms. The molecule has 8 nitrogen and oxygen atoms in total. The first kappa shape index (κ1) is 18.7. The van der Waals surface area contributed by atoms with E-state index in [2.05, 4.69) is 0 Å². The number of Topliss-reactive ketones (excluding diaryl/α,β-unsaturated/α-hetero) is 1. The molecule has 0 unspecified atom stereocenters. The maximum Gasteiger partial charge on any atom is 0.429 e. The maximum absolute atomic E-state index is 13.0. The third kappa shape index (κ3) is 2.42. The number of carbonyl (C=O) groups excluding carboxylic acids is 3. The molecule has 0 aromatic heterocycles. The number of rotatable bonds is 3. The van der Waals surface area contributed by atoms with Gasteiger partial charge in [0.25, 0.3) is 0 Å². The summed E-state index contributed by atoms with van der Waals surface area (Å²) in [5, 5.41) is 12.9. The summed E-state index contributed by atoms with van der Waals surface area (Å²) in [5.74, 6) is -0.946. The second-order valence-corrected chi connectivity index (χ2v) is 7.74. The molecule has 2 aliphatic carbocycles. The molecule has 8 heteroatoms. The molecule has 0 aromatic carbocycles. The molecule has 1 heterocycles. The van der Waals surface area contributed by atoms with Crippen molar-refractivity contribution in [1.29, 1.82) is 0 Å². The molecule has 26 heavy (non-hydrogen) atoms.